The fourth-order valence-corrected chi connectivity index (χ4v) is 1.50. The van der Waals surface area contributed by atoms with Crippen molar-refractivity contribution in [1.29, 1.82) is 0 Å². The van der Waals surface area contributed by atoms with Crippen LogP contribution in [0.4, 0.5) is 0 Å². The molecular weight excluding hydrogens is 140 g/mol. The van der Waals surface area contributed by atoms with Crippen molar-refractivity contribution >= 4 is 0 Å². The van der Waals surface area contributed by atoms with Gasteiger partial charge in [0.1, 0.15) is 17.8 Å². The highest BCUT2D eigenvalue weighted by Gasteiger charge is 2.18. The van der Waals surface area contributed by atoms with Gasteiger partial charge in [-0.1, -0.05) is 0 Å². The molecule has 1 aliphatic heterocycles. The number of rotatable bonds is 0. The molecule has 0 aliphatic carbocycles. The molecule has 0 bridgehead atoms. The lowest BCUT2D eigenvalue weighted by atomic mass is 10.1. The molecule has 2 heterocycles. The van der Waals surface area contributed by atoms with Crippen molar-refractivity contribution in [2.24, 2.45) is 5.73 Å². The minimum atomic E-state index is 0.0555. The molecule has 1 aromatic rings. The van der Waals surface area contributed by atoms with Crippen LogP contribution in [0.1, 0.15) is 30.7 Å². The number of hydrogen-bond donors (Lipinski definition) is 1. The summed E-state index contributed by atoms with van der Waals surface area (Å²) < 4.78 is 1.85. The maximum absolute atomic E-state index is 5.82. The smallest absolute Gasteiger partial charge is 0.147 e. The third-order valence-electron chi connectivity index (χ3n) is 2.02. The Bertz CT molecular complexity index is 265. The van der Waals surface area contributed by atoms with Gasteiger partial charge < -0.3 is 5.73 Å². The van der Waals surface area contributed by atoms with Crippen molar-refractivity contribution in [3.63, 3.8) is 0 Å². The van der Waals surface area contributed by atoms with E-state index in [1.165, 1.54) is 0 Å². The molecule has 4 nitrogen and oxygen atoms in total. The Labute approximate surface area is 65.4 Å². The zero-order valence-electron chi connectivity index (χ0n) is 6.62. The fourth-order valence-electron chi connectivity index (χ4n) is 1.50. The van der Waals surface area contributed by atoms with Crippen molar-refractivity contribution in [3.05, 3.63) is 11.6 Å². The summed E-state index contributed by atoms with van der Waals surface area (Å²) in [6, 6.07) is 0. The van der Waals surface area contributed by atoms with Gasteiger partial charge in [-0.05, 0) is 19.8 Å². The monoisotopic (exact) mass is 152 g/mol. The lowest BCUT2D eigenvalue weighted by Crippen LogP contribution is -2.25. The zero-order chi connectivity index (χ0) is 7.84. The van der Waals surface area contributed by atoms with Crippen LogP contribution in [0.15, 0.2) is 0 Å². The van der Waals surface area contributed by atoms with E-state index in [0.29, 0.717) is 0 Å². The molecule has 1 aromatic heterocycles. The molecule has 0 fully saturated rings. The zero-order valence-corrected chi connectivity index (χ0v) is 6.62. The average Bonchev–Trinajstić information content (AvgIpc) is 2.31. The molecule has 0 saturated carbocycles. The first kappa shape index (κ1) is 6.79. The van der Waals surface area contributed by atoms with Crippen LogP contribution in [-0.4, -0.2) is 14.8 Å². The van der Waals surface area contributed by atoms with Crippen LogP contribution in [-0.2, 0) is 6.42 Å². The second-order valence-corrected chi connectivity index (χ2v) is 2.98. The Morgan fingerprint density at radius 3 is 3.18 bits per heavy atom. The van der Waals surface area contributed by atoms with Crippen molar-refractivity contribution in [2.75, 3.05) is 0 Å². The topological polar surface area (TPSA) is 56.7 Å². The lowest BCUT2D eigenvalue weighted by molar-refractivity contribution is 0.372. The van der Waals surface area contributed by atoms with Crippen LogP contribution in [0.5, 0.6) is 0 Å². The van der Waals surface area contributed by atoms with E-state index in [1.807, 2.05) is 11.6 Å². The number of fused-ring (bicyclic) bond motifs is 1. The summed E-state index contributed by atoms with van der Waals surface area (Å²) in [6.45, 7) is 1.90. The molecule has 0 amide bonds. The van der Waals surface area contributed by atoms with Gasteiger partial charge in [-0.2, -0.15) is 5.10 Å². The summed E-state index contributed by atoms with van der Waals surface area (Å²) in [6.07, 6.45) is 3.24. The molecule has 60 valence electrons. The summed E-state index contributed by atoms with van der Waals surface area (Å²) in [4.78, 5) is 4.27. The minimum Gasteiger partial charge on any atom is -0.310 e. The molecule has 2 rings (SSSR count). The van der Waals surface area contributed by atoms with Gasteiger partial charge in [-0.3, -0.25) is 0 Å². The number of aryl methyl sites for hydroxylation is 2. The molecule has 1 atom stereocenters. The molecular formula is C7H12N4. The largest absolute Gasteiger partial charge is 0.310 e. The summed E-state index contributed by atoms with van der Waals surface area (Å²) in [5.74, 6) is 1.87. The van der Waals surface area contributed by atoms with Crippen LogP contribution >= 0.6 is 0 Å². The average molecular weight is 152 g/mol. The van der Waals surface area contributed by atoms with Crippen molar-refractivity contribution in [2.45, 2.75) is 32.4 Å². The molecule has 0 saturated heterocycles. The summed E-state index contributed by atoms with van der Waals surface area (Å²) in [7, 11) is 0. The van der Waals surface area contributed by atoms with Gasteiger partial charge in [-0.25, -0.2) is 9.67 Å². The van der Waals surface area contributed by atoms with Crippen LogP contribution in [0.25, 0.3) is 0 Å². The van der Waals surface area contributed by atoms with Crippen LogP contribution in [0.3, 0.4) is 0 Å². The van der Waals surface area contributed by atoms with E-state index < -0.39 is 0 Å². The Hall–Kier alpha value is -0.900. The summed E-state index contributed by atoms with van der Waals surface area (Å²) in [5, 5.41) is 4.21. The normalized spacial score (nSPS) is 23.3. The fraction of sp³-hybridized carbons (Fsp3) is 0.714. The maximum Gasteiger partial charge on any atom is 0.147 e. The van der Waals surface area contributed by atoms with E-state index >= 15 is 0 Å². The molecule has 0 radical (unpaired) electrons. The summed E-state index contributed by atoms with van der Waals surface area (Å²) in [5.41, 5.74) is 5.82. The molecule has 11 heavy (non-hydrogen) atoms. The minimum absolute atomic E-state index is 0.0555. The van der Waals surface area contributed by atoms with E-state index in [0.717, 1.165) is 30.9 Å². The quantitative estimate of drug-likeness (QED) is 0.584. The number of nitrogens with zero attached hydrogens (tertiary/aromatic N) is 3. The first-order chi connectivity index (χ1) is 5.27. The predicted octanol–water partition coefficient (Wildman–Crippen LogP) is 0.380. The van der Waals surface area contributed by atoms with E-state index in [-0.39, 0.29) is 6.17 Å². The van der Waals surface area contributed by atoms with Crippen molar-refractivity contribution in [1.82, 2.24) is 14.8 Å². The van der Waals surface area contributed by atoms with Gasteiger partial charge in [0.15, 0.2) is 0 Å². The van der Waals surface area contributed by atoms with Gasteiger partial charge in [0.05, 0.1) is 0 Å². The molecule has 1 aliphatic rings. The first-order valence-electron chi connectivity index (χ1n) is 3.95. The molecule has 2 N–H and O–H groups in total. The van der Waals surface area contributed by atoms with E-state index in [4.69, 9.17) is 5.73 Å². The number of hydrogen-bond acceptors (Lipinski definition) is 3. The second-order valence-electron chi connectivity index (χ2n) is 2.98. The second kappa shape index (κ2) is 2.30. The molecule has 0 aromatic carbocycles. The third kappa shape index (κ3) is 1.03. The first-order valence-corrected chi connectivity index (χ1v) is 3.95. The van der Waals surface area contributed by atoms with Crippen LogP contribution < -0.4 is 5.73 Å². The highest BCUT2D eigenvalue weighted by Crippen LogP contribution is 2.17. The van der Waals surface area contributed by atoms with Crippen molar-refractivity contribution in [3.8, 4) is 0 Å². The Kier molecular flexibility index (Phi) is 1.42. The van der Waals surface area contributed by atoms with Gasteiger partial charge in [-0.15, -0.1) is 0 Å². The number of aromatic nitrogens is 3. The van der Waals surface area contributed by atoms with Gasteiger partial charge in [0.2, 0.25) is 0 Å². The maximum atomic E-state index is 5.82. The van der Waals surface area contributed by atoms with E-state index in [2.05, 4.69) is 10.1 Å². The summed E-state index contributed by atoms with van der Waals surface area (Å²) >= 11 is 0. The van der Waals surface area contributed by atoms with E-state index in [1.54, 1.807) is 0 Å². The molecule has 4 heteroatoms. The third-order valence-corrected chi connectivity index (χ3v) is 2.02. The molecule has 1 unspecified atom stereocenters. The molecule has 0 spiro atoms. The van der Waals surface area contributed by atoms with Gasteiger partial charge in [0.25, 0.3) is 0 Å². The van der Waals surface area contributed by atoms with Crippen molar-refractivity contribution < 1.29 is 0 Å². The van der Waals surface area contributed by atoms with Gasteiger partial charge in [0, 0.05) is 6.42 Å². The Morgan fingerprint density at radius 1 is 1.64 bits per heavy atom. The number of nitrogens with two attached hydrogens (primary N) is 1. The Morgan fingerprint density at radius 2 is 2.45 bits per heavy atom. The standard InChI is InChI=1S/C7H12N4/c1-5-9-7-4-2-3-6(8)11(7)10-5/h6H,2-4,8H2,1H3. The van der Waals surface area contributed by atoms with E-state index in [9.17, 15) is 0 Å². The highest BCUT2D eigenvalue weighted by molar-refractivity contribution is 4.95. The Balaban J connectivity index is 2.43. The van der Waals surface area contributed by atoms with Gasteiger partial charge >= 0.3 is 0 Å². The lowest BCUT2D eigenvalue weighted by Gasteiger charge is -2.18. The highest BCUT2D eigenvalue weighted by atomic mass is 15.4. The predicted molar refractivity (Wildman–Crippen MR) is 40.9 cm³/mol. The van der Waals surface area contributed by atoms with Crippen LogP contribution in [0, 0.1) is 6.92 Å². The van der Waals surface area contributed by atoms with Crippen LogP contribution in [0.2, 0.25) is 0 Å². The SMILES string of the molecule is Cc1nc2n(n1)C(N)CCC2.